The lowest BCUT2D eigenvalue weighted by atomic mass is 10.1. The number of aliphatic hydroxyl groups excluding tert-OH is 2. The lowest BCUT2D eigenvalue weighted by Crippen LogP contribution is -2.10. The third-order valence-electron chi connectivity index (χ3n) is 2.82. The molecule has 0 heterocycles. The van der Waals surface area contributed by atoms with Gasteiger partial charge in [-0.1, -0.05) is 60.7 Å². The van der Waals surface area contributed by atoms with Crippen molar-refractivity contribution in [2.45, 2.75) is 12.2 Å². The normalized spacial score (nSPS) is 12.4. The second kappa shape index (κ2) is 11.0. The standard InChI is InChI=1S/2C8H11NO.H2O/c2*9-6-8(10)7-4-2-1-3-5-7;/h2*1-5,8,10H,6,9H2;1H2/t2*8-;/m11./s1. The largest absolute Gasteiger partial charge is 0.412 e. The molecule has 2 rings (SSSR count). The SMILES string of the molecule is NC[C@@H](O)c1ccccc1.NC[C@@H](O)c1ccccc1.O. The van der Waals surface area contributed by atoms with E-state index in [2.05, 4.69) is 0 Å². The van der Waals surface area contributed by atoms with Crippen LogP contribution < -0.4 is 11.5 Å². The predicted octanol–water partition coefficient (Wildman–Crippen LogP) is 0.533. The van der Waals surface area contributed by atoms with E-state index >= 15 is 0 Å². The van der Waals surface area contributed by atoms with Crippen molar-refractivity contribution in [3.63, 3.8) is 0 Å². The number of nitrogens with two attached hydrogens (primary N) is 2. The molecule has 0 aromatic heterocycles. The zero-order valence-electron chi connectivity index (χ0n) is 11.9. The third kappa shape index (κ3) is 6.99. The van der Waals surface area contributed by atoms with Crippen molar-refractivity contribution in [2.75, 3.05) is 13.1 Å². The molecule has 0 spiro atoms. The Kier molecular flexibility index (Phi) is 10.0. The van der Waals surface area contributed by atoms with Crippen LogP contribution in [-0.2, 0) is 0 Å². The fourth-order valence-electron chi connectivity index (χ4n) is 1.62. The van der Waals surface area contributed by atoms with Gasteiger partial charge >= 0.3 is 0 Å². The molecule has 2 aromatic carbocycles. The first-order valence-corrected chi connectivity index (χ1v) is 6.55. The molecule has 0 saturated carbocycles. The van der Waals surface area contributed by atoms with Crippen LogP contribution in [0.3, 0.4) is 0 Å². The molecule has 116 valence electrons. The van der Waals surface area contributed by atoms with Gasteiger partial charge < -0.3 is 27.2 Å². The monoisotopic (exact) mass is 292 g/mol. The van der Waals surface area contributed by atoms with Gasteiger partial charge in [0.1, 0.15) is 0 Å². The van der Waals surface area contributed by atoms with Crippen molar-refractivity contribution in [3.05, 3.63) is 71.8 Å². The molecule has 0 aliphatic carbocycles. The fraction of sp³-hybridized carbons (Fsp3) is 0.250. The summed E-state index contributed by atoms with van der Waals surface area (Å²) >= 11 is 0. The summed E-state index contributed by atoms with van der Waals surface area (Å²) < 4.78 is 0. The van der Waals surface area contributed by atoms with Gasteiger partial charge in [-0.3, -0.25) is 0 Å². The average Bonchev–Trinajstić information content (AvgIpc) is 2.55. The van der Waals surface area contributed by atoms with Gasteiger partial charge in [-0.05, 0) is 11.1 Å². The highest BCUT2D eigenvalue weighted by atomic mass is 16.3. The highest BCUT2D eigenvalue weighted by Gasteiger charge is 2.01. The summed E-state index contributed by atoms with van der Waals surface area (Å²) in [5, 5.41) is 18.4. The predicted molar refractivity (Wildman–Crippen MR) is 84.5 cm³/mol. The summed E-state index contributed by atoms with van der Waals surface area (Å²) in [5.74, 6) is 0. The van der Waals surface area contributed by atoms with Crippen LogP contribution in [0, 0.1) is 0 Å². The Morgan fingerprint density at radius 2 is 0.952 bits per heavy atom. The minimum Gasteiger partial charge on any atom is -0.412 e. The van der Waals surface area contributed by atoms with Gasteiger partial charge in [-0.2, -0.15) is 0 Å². The van der Waals surface area contributed by atoms with E-state index in [9.17, 15) is 10.2 Å². The van der Waals surface area contributed by atoms with Crippen LogP contribution in [0.5, 0.6) is 0 Å². The minimum atomic E-state index is -0.513. The number of aliphatic hydroxyl groups is 2. The van der Waals surface area contributed by atoms with E-state index in [0.29, 0.717) is 0 Å². The summed E-state index contributed by atoms with van der Waals surface area (Å²) in [4.78, 5) is 0. The number of benzene rings is 2. The Balaban J connectivity index is 0.000000364. The van der Waals surface area contributed by atoms with Gasteiger partial charge in [0.2, 0.25) is 0 Å². The average molecular weight is 292 g/mol. The molecule has 2 aromatic rings. The molecule has 5 nitrogen and oxygen atoms in total. The topological polar surface area (TPSA) is 124 Å². The summed E-state index contributed by atoms with van der Waals surface area (Å²) in [6, 6.07) is 18.8. The zero-order valence-corrected chi connectivity index (χ0v) is 11.9. The van der Waals surface area contributed by atoms with E-state index in [0.717, 1.165) is 11.1 Å². The molecule has 2 atom stereocenters. The Morgan fingerprint density at radius 1 is 0.667 bits per heavy atom. The number of rotatable bonds is 4. The summed E-state index contributed by atoms with van der Waals surface area (Å²) in [6.45, 7) is 0.564. The summed E-state index contributed by atoms with van der Waals surface area (Å²) in [7, 11) is 0. The van der Waals surface area contributed by atoms with Crippen LogP contribution in [0.15, 0.2) is 60.7 Å². The number of hydrogen-bond acceptors (Lipinski definition) is 4. The fourth-order valence-corrected chi connectivity index (χ4v) is 1.62. The molecular weight excluding hydrogens is 268 g/mol. The maximum Gasteiger partial charge on any atom is 0.0912 e. The Morgan fingerprint density at radius 3 is 1.19 bits per heavy atom. The van der Waals surface area contributed by atoms with Gasteiger partial charge in [0.25, 0.3) is 0 Å². The van der Waals surface area contributed by atoms with E-state index in [-0.39, 0.29) is 18.6 Å². The van der Waals surface area contributed by atoms with Crippen molar-refractivity contribution >= 4 is 0 Å². The van der Waals surface area contributed by atoms with E-state index in [4.69, 9.17) is 11.5 Å². The lowest BCUT2D eigenvalue weighted by molar-refractivity contribution is 0.186. The molecule has 0 bridgehead atoms. The van der Waals surface area contributed by atoms with Crippen LogP contribution in [0.4, 0.5) is 0 Å². The first kappa shape index (κ1) is 19.2. The van der Waals surface area contributed by atoms with Crippen molar-refractivity contribution < 1.29 is 15.7 Å². The lowest BCUT2D eigenvalue weighted by Gasteiger charge is -2.05. The molecule has 0 aliphatic heterocycles. The van der Waals surface area contributed by atoms with Crippen LogP contribution in [0.25, 0.3) is 0 Å². The second-order valence-electron chi connectivity index (χ2n) is 4.32. The van der Waals surface area contributed by atoms with E-state index < -0.39 is 12.2 Å². The third-order valence-corrected chi connectivity index (χ3v) is 2.82. The molecular formula is C16H24N2O3. The van der Waals surface area contributed by atoms with Gasteiger partial charge in [-0.15, -0.1) is 0 Å². The van der Waals surface area contributed by atoms with Crippen LogP contribution >= 0.6 is 0 Å². The molecule has 0 amide bonds. The maximum absolute atomic E-state index is 9.20. The minimum absolute atomic E-state index is 0. The zero-order chi connectivity index (χ0) is 14.8. The van der Waals surface area contributed by atoms with Crippen LogP contribution in [0.2, 0.25) is 0 Å². The van der Waals surface area contributed by atoms with Gasteiger partial charge in [0, 0.05) is 13.1 Å². The second-order valence-corrected chi connectivity index (χ2v) is 4.32. The summed E-state index contributed by atoms with van der Waals surface area (Å²) in [6.07, 6.45) is -1.03. The van der Waals surface area contributed by atoms with Gasteiger partial charge in [0.15, 0.2) is 0 Å². The molecule has 0 aliphatic rings. The first-order valence-electron chi connectivity index (χ1n) is 6.55. The number of hydrogen-bond donors (Lipinski definition) is 4. The quantitative estimate of drug-likeness (QED) is 0.656. The van der Waals surface area contributed by atoms with Crippen molar-refractivity contribution in [1.82, 2.24) is 0 Å². The molecule has 0 saturated heterocycles. The van der Waals surface area contributed by atoms with Crippen molar-refractivity contribution in [2.24, 2.45) is 11.5 Å². The van der Waals surface area contributed by atoms with Crippen molar-refractivity contribution in [1.29, 1.82) is 0 Å². The van der Waals surface area contributed by atoms with E-state index in [1.54, 1.807) is 0 Å². The van der Waals surface area contributed by atoms with E-state index in [1.165, 1.54) is 0 Å². The first-order chi connectivity index (χ1) is 9.69. The molecule has 5 heteroatoms. The van der Waals surface area contributed by atoms with Crippen molar-refractivity contribution in [3.8, 4) is 0 Å². The Labute approximate surface area is 125 Å². The van der Waals surface area contributed by atoms with Crippen LogP contribution in [0.1, 0.15) is 23.3 Å². The van der Waals surface area contributed by atoms with E-state index in [1.807, 2.05) is 60.7 Å². The smallest absolute Gasteiger partial charge is 0.0912 e. The highest BCUT2D eigenvalue weighted by molar-refractivity contribution is 5.17. The van der Waals surface area contributed by atoms with Gasteiger partial charge in [0.05, 0.1) is 12.2 Å². The molecule has 21 heavy (non-hydrogen) atoms. The molecule has 0 radical (unpaired) electrons. The molecule has 8 N–H and O–H groups in total. The molecule has 0 fully saturated rings. The molecule has 0 unspecified atom stereocenters. The van der Waals surface area contributed by atoms with Gasteiger partial charge in [-0.25, -0.2) is 0 Å². The van der Waals surface area contributed by atoms with Crippen LogP contribution in [-0.4, -0.2) is 28.8 Å². The Hall–Kier alpha value is -1.76. The Bertz CT molecular complexity index is 420. The maximum atomic E-state index is 9.20. The summed E-state index contributed by atoms with van der Waals surface area (Å²) in [5.41, 5.74) is 12.3. The highest BCUT2D eigenvalue weighted by Crippen LogP contribution is 2.09.